The molecule has 0 bridgehead atoms. The van der Waals surface area contributed by atoms with Crippen molar-refractivity contribution in [3.63, 3.8) is 0 Å². The lowest BCUT2D eigenvalue weighted by Crippen LogP contribution is -2.18. The molecule has 0 radical (unpaired) electrons. The molecule has 6 N–H and O–H groups in total. The predicted octanol–water partition coefficient (Wildman–Crippen LogP) is 14.3. The van der Waals surface area contributed by atoms with Gasteiger partial charge in [0.1, 0.15) is 34.5 Å². The van der Waals surface area contributed by atoms with E-state index < -0.39 is 35.6 Å². The zero-order chi connectivity index (χ0) is 68.6. The summed E-state index contributed by atoms with van der Waals surface area (Å²) < 4.78 is 45.5. The normalized spacial score (nSPS) is 11.7. The van der Waals surface area contributed by atoms with E-state index in [1.165, 1.54) is 40.2 Å². The first kappa shape index (κ1) is 73.6. The maximum Gasteiger partial charge on any atom is 0.337 e. The fourth-order valence-electron chi connectivity index (χ4n) is 8.26. The Morgan fingerprint density at radius 3 is 0.828 bits per heavy atom. The first-order valence-electron chi connectivity index (χ1n) is 30.9. The smallest absolute Gasteiger partial charge is 0.337 e. The zero-order valence-corrected chi connectivity index (χ0v) is 55.9. The SMILES string of the molecule is CCC(C)Oc1cc(C(=O)Nc2ccc(C(=O)OC)cc2OC(C)CC)ccc1NC(=O)c1ccc(NC(C)=O)c(OCC(C)C)c1.CCC(C)Oc1cc(C(=O)OC)ccc1NC(=O)c1ccc(NC(=O)c2ccc(NC(C)=O)c(OC(C)C)c2)c(OCC(C)C)c1. The van der Waals surface area contributed by atoms with Crippen molar-refractivity contribution in [1.29, 1.82) is 0 Å². The average molecular weight is 1280 g/mol. The largest absolute Gasteiger partial charge is 0.491 e. The fourth-order valence-corrected chi connectivity index (χ4v) is 8.26. The molecule has 6 amide bonds. The van der Waals surface area contributed by atoms with E-state index in [2.05, 4.69) is 31.9 Å². The van der Waals surface area contributed by atoms with E-state index in [0.29, 0.717) is 112 Å². The highest BCUT2D eigenvalue weighted by Crippen LogP contribution is 2.35. The van der Waals surface area contributed by atoms with Crippen LogP contribution in [0.3, 0.4) is 0 Å². The highest BCUT2D eigenvalue weighted by atomic mass is 16.5. The molecule has 22 nitrogen and oxygen atoms in total. The minimum absolute atomic E-state index is 0.169. The lowest BCUT2D eigenvalue weighted by atomic mass is 10.1. The zero-order valence-electron chi connectivity index (χ0n) is 55.9. The second-order valence-electron chi connectivity index (χ2n) is 23.0. The molecule has 93 heavy (non-hydrogen) atoms. The van der Waals surface area contributed by atoms with Crippen LogP contribution in [-0.4, -0.2) is 99.2 Å². The molecule has 0 aliphatic rings. The summed E-state index contributed by atoms with van der Waals surface area (Å²) in [4.78, 5) is 101. The van der Waals surface area contributed by atoms with Crippen LogP contribution in [0, 0.1) is 11.8 Å². The van der Waals surface area contributed by atoms with Crippen LogP contribution < -0.4 is 60.3 Å². The summed E-state index contributed by atoms with van der Waals surface area (Å²) in [6.07, 6.45) is 1.38. The number of anilines is 6. The first-order chi connectivity index (χ1) is 44.1. The van der Waals surface area contributed by atoms with E-state index in [9.17, 15) is 38.4 Å². The molecule has 0 saturated heterocycles. The molecule has 6 aromatic rings. The molecule has 22 heteroatoms. The molecule has 6 aromatic carbocycles. The fraction of sp³-hybridized carbons (Fsp3) is 0.380. The average Bonchev–Trinajstić information content (AvgIpc) is 0.893. The Bertz CT molecular complexity index is 3620. The minimum atomic E-state index is -0.524. The highest BCUT2D eigenvalue weighted by molar-refractivity contribution is 6.10. The van der Waals surface area contributed by atoms with Crippen molar-refractivity contribution in [2.45, 2.75) is 141 Å². The predicted molar refractivity (Wildman–Crippen MR) is 359 cm³/mol. The van der Waals surface area contributed by atoms with Crippen LogP contribution in [0.25, 0.3) is 0 Å². The van der Waals surface area contributed by atoms with Gasteiger partial charge in [-0.1, -0.05) is 48.5 Å². The molecule has 3 unspecified atom stereocenters. The number of benzene rings is 6. The number of rotatable bonds is 29. The summed E-state index contributed by atoms with van der Waals surface area (Å²) in [7, 11) is 2.59. The summed E-state index contributed by atoms with van der Waals surface area (Å²) in [5.74, 6) is -0.927. The summed E-state index contributed by atoms with van der Waals surface area (Å²) in [6.45, 7) is 26.7. The summed E-state index contributed by atoms with van der Waals surface area (Å²) in [5, 5.41) is 16.9. The van der Waals surface area contributed by atoms with Gasteiger partial charge in [0.05, 0.1) is 97.1 Å². The maximum absolute atomic E-state index is 13.5. The van der Waals surface area contributed by atoms with E-state index in [0.717, 1.165) is 0 Å². The van der Waals surface area contributed by atoms with E-state index in [1.54, 1.807) is 97.1 Å². The van der Waals surface area contributed by atoms with E-state index in [4.69, 9.17) is 37.9 Å². The van der Waals surface area contributed by atoms with Crippen LogP contribution in [-0.2, 0) is 19.1 Å². The third-order valence-corrected chi connectivity index (χ3v) is 13.6. The molecule has 0 aliphatic carbocycles. The number of nitrogens with one attached hydrogen (secondary N) is 6. The van der Waals surface area contributed by atoms with E-state index in [-0.39, 0.29) is 70.3 Å². The Kier molecular flexibility index (Phi) is 28.1. The first-order valence-corrected chi connectivity index (χ1v) is 30.9. The van der Waals surface area contributed by atoms with Crippen molar-refractivity contribution >= 4 is 81.5 Å². The van der Waals surface area contributed by atoms with Gasteiger partial charge in [-0.2, -0.15) is 0 Å². The van der Waals surface area contributed by atoms with Gasteiger partial charge in [-0.15, -0.1) is 0 Å². The van der Waals surface area contributed by atoms with Gasteiger partial charge in [0, 0.05) is 36.1 Å². The third-order valence-electron chi connectivity index (χ3n) is 13.6. The van der Waals surface area contributed by atoms with Gasteiger partial charge in [-0.25, -0.2) is 9.59 Å². The minimum Gasteiger partial charge on any atom is -0.491 e. The van der Waals surface area contributed by atoms with Crippen LogP contribution in [0.4, 0.5) is 34.1 Å². The number of carbonyl (C=O) groups excluding carboxylic acids is 8. The maximum atomic E-state index is 13.5. The highest BCUT2D eigenvalue weighted by Gasteiger charge is 2.23. The van der Waals surface area contributed by atoms with Crippen LogP contribution in [0.1, 0.15) is 178 Å². The molecular weight excluding hydrogens is 1190 g/mol. The van der Waals surface area contributed by atoms with Crippen LogP contribution in [0.2, 0.25) is 0 Å². The molecule has 0 saturated carbocycles. The van der Waals surface area contributed by atoms with Gasteiger partial charge < -0.3 is 69.8 Å². The molecule has 3 atom stereocenters. The van der Waals surface area contributed by atoms with Gasteiger partial charge in [0.2, 0.25) is 11.8 Å². The number of esters is 2. The number of amides is 6. The van der Waals surface area contributed by atoms with Crippen molar-refractivity contribution in [2.75, 3.05) is 59.3 Å². The Labute approximate surface area is 544 Å². The Morgan fingerprint density at radius 2 is 0.570 bits per heavy atom. The number of methoxy groups -OCH3 is 2. The molecule has 0 fully saturated rings. The van der Waals surface area contributed by atoms with Crippen LogP contribution in [0.5, 0.6) is 34.5 Å². The summed E-state index contributed by atoms with van der Waals surface area (Å²) in [6, 6.07) is 28.3. The van der Waals surface area contributed by atoms with Gasteiger partial charge in [-0.05, 0) is 175 Å². The molecule has 498 valence electrons. The Hall–Kier alpha value is -10.1. The van der Waals surface area contributed by atoms with Crippen molar-refractivity contribution in [2.24, 2.45) is 11.8 Å². The third kappa shape index (κ3) is 22.6. The molecule has 0 spiro atoms. The number of ether oxygens (including phenoxy) is 8. The van der Waals surface area contributed by atoms with Crippen molar-refractivity contribution in [3.05, 3.63) is 143 Å². The topological polar surface area (TPSA) is 283 Å². The Morgan fingerprint density at radius 1 is 0.333 bits per heavy atom. The molecule has 0 heterocycles. The Balaban J connectivity index is 0.000000337. The van der Waals surface area contributed by atoms with E-state index in [1.807, 2.05) is 83.1 Å². The summed E-state index contributed by atoms with van der Waals surface area (Å²) in [5.41, 5.74) is 4.12. The van der Waals surface area contributed by atoms with Gasteiger partial charge in [0.25, 0.3) is 23.6 Å². The lowest BCUT2D eigenvalue weighted by molar-refractivity contribution is -0.115. The standard InChI is InChI=1S/C36H45N3O8.C35H43N3O8/c1-9-22(5)46-32-18-26(35(42)39-30-16-13-27(36(43)44-8)19-33(30)47-23(6)10-2)12-15-29(32)38-34(41)25-11-14-28(37-24(7)40)31(17-25)45-20-21(3)4;1-9-22(6)46-32-18-26(35(42)43-8)12-15-29(32)38-33(40)24-10-13-27(30(16-24)44-19-20(2)3)37-34(41)25-11-14-28(36-23(7)39)31(17-25)45-21(4)5/h11-19,21-23H,9-10,20H2,1-8H3,(H,37,40)(H,38,41)(H,39,42);10-18,20-22H,9,19H2,1-8H3,(H,36,39)(H,37,41)(H,38,40). The van der Waals surface area contributed by atoms with E-state index >= 15 is 0 Å². The number of hydrogen-bond donors (Lipinski definition) is 6. The second kappa shape index (κ2) is 35.5. The summed E-state index contributed by atoms with van der Waals surface area (Å²) >= 11 is 0. The van der Waals surface area contributed by atoms with Gasteiger partial charge in [-0.3, -0.25) is 28.8 Å². The second-order valence-corrected chi connectivity index (χ2v) is 23.0. The van der Waals surface area contributed by atoms with Crippen LogP contribution in [0.15, 0.2) is 109 Å². The quantitative estimate of drug-likeness (QED) is 0.0238. The molecule has 0 aliphatic heterocycles. The lowest BCUT2D eigenvalue weighted by Gasteiger charge is -2.19. The molecule has 6 rings (SSSR count). The van der Waals surface area contributed by atoms with Crippen LogP contribution >= 0.6 is 0 Å². The number of hydrogen-bond acceptors (Lipinski definition) is 16. The van der Waals surface area contributed by atoms with Crippen molar-refractivity contribution in [3.8, 4) is 34.5 Å². The molecular formula is C71H88N6O16. The van der Waals surface area contributed by atoms with Gasteiger partial charge >= 0.3 is 11.9 Å². The molecule has 0 aromatic heterocycles. The number of carbonyl (C=O) groups is 8. The monoisotopic (exact) mass is 1280 g/mol. The van der Waals surface area contributed by atoms with Crippen molar-refractivity contribution < 1.29 is 76.3 Å². The van der Waals surface area contributed by atoms with Gasteiger partial charge in [0.15, 0.2) is 0 Å². The van der Waals surface area contributed by atoms with Crippen molar-refractivity contribution in [1.82, 2.24) is 0 Å².